The van der Waals surface area contributed by atoms with Crippen molar-refractivity contribution in [2.75, 3.05) is 19.6 Å². The van der Waals surface area contributed by atoms with Crippen LogP contribution in [0.4, 0.5) is 4.79 Å². The first-order valence-electron chi connectivity index (χ1n) is 8.32. The Morgan fingerprint density at radius 1 is 1.36 bits per heavy atom. The van der Waals surface area contributed by atoms with Crippen LogP contribution in [0.2, 0.25) is 0 Å². The molecule has 0 aliphatic carbocycles. The number of likely N-dealkylation sites (tertiary alicyclic amines) is 1. The average molecular weight is 365 g/mol. The van der Waals surface area contributed by atoms with Crippen LogP contribution in [0.25, 0.3) is 0 Å². The summed E-state index contributed by atoms with van der Waals surface area (Å²) in [6.45, 7) is 7.31. The second-order valence-electron chi connectivity index (χ2n) is 7.37. The van der Waals surface area contributed by atoms with Crippen molar-refractivity contribution in [3.63, 3.8) is 0 Å². The molecule has 0 aromatic heterocycles. The van der Waals surface area contributed by atoms with E-state index in [1.54, 1.807) is 18.2 Å². The van der Waals surface area contributed by atoms with Crippen molar-refractivity contribution in [1.82, 2.24) is 10.2 Å². The number of fused-ring (bicyclic) bond motifs is 1. The monoisotopic (exact) mass is 365 g/mol. The lowest BCUT2D eigenvalue weighted by atomic mass is 10.1. The summed E-state index contributed by atoms with van der Waals surface area (Å²) in [7, 11) is -3.60. The van der Waals surface area contributed by atoms with Crippen LogP contribution >= 0.6 is 0 Å². The third kappa shape index (κ3) is 3.95. The Balaban J connectivity index is 1.62. The van der Waals surface area contributed by atoms with Crippen LogP contribution in [0.1, 0.15) is 32.8 Å². The fourth-order valence-corrected chi connectivity index (χ4v) is 4.28. The van der Waals surface area contributed by atoms with Gasteiger partial charge in [-0.2, -0.15) is 8.42 Å². The van der Waals surface area contributed by atoms with Gasteiger partial charge in [-0.25, -0.2) is 4.79 Å². The molecule has 2 aliphatic rings. The highest BCUT2D eigenvalue weighted by atomic mass is 32.2. The zero-order valence-corrected chi connectivity index (χ0v) is 15.5. The van der Waals surface area contributed by atoms with Gasteiger partial charge in [-0.1, -0.05) is 12.1 Å². The van der Waals surface area contributed by atoms with Gasteiger partial charge < -0.3 is 15.0 Å². The number of ether oxygens (including phenoxy) is 1. The summed E-state index contributed by atoms with van der Waals surface area (Å²) >= 11 is 0. The Morgan fingerprint density at radius 3 is 2.80 bits per heavy atom. The largest absolute Gasteiger partial charge is 0.444 e. The topological polar surface area (TPSA) is 88.1 Å². The summed E-state index contributed by atoms with van der Waals surface area (Å²) in [6, 6.07) is 6.88. The zero-order chi connectivity index (χ0) is 18.2. The van der Waals surface area contributed by atoms with Gasteiger partial charge in [-0.15, -0.1) is 4.40 Å². The molecule has 2 heterocycles. The van der Waals surface area contributed by atoms with Crippen molar-refractivity contribution >= 4 is 22.0 Å². The number of amides is 1. The van der Waals surface area contributed by atoms with Crippen LogP contribution in [0.5, 0.6) is 0 Å². The van der Waals surface area contributed by atoms with Crippen molar-refractivity contribution in [2.24, 2.45) is 10.3 Å². The molecule has 7 nitrogen and oxygen atoms in total. The van der Waals surface area contributed by atoms with E-state index in [0.29, 0.717) is 31.0 Å². The molecule has 8 heteroatoms. The molecule has 3 rings (SSSR count). The lowest BCUT2D eigenvalue weighted by Crippen LogP contribution is -2.36. The van der Waals surface area contributed by atoms with Crippen LogP contribution in [0, 0.1) is 5.92 Å². The molecule has 2 aliphatic heterocycles. The normalized spacial score (nSPS) is 21.6. The molecular weight excluding hydrogens is 342 g/mol. The molecule has 1 fully saturated rings. The van der Waals surface area contributed by atoms with E-state index >= 15 is 0 Å². The maximum atomic E-state index is 12.2. The Kier molecular flexibility index (Phi) is 4.49. The predicted octanol–water partition coefficient (Wildman–Crippen LogP) is 1.98. The molecular formula is C17H23N3O4S. The van der Waals surface area contributed by atoms with E-state index in [2.05, 4.69) is 9.71 Å². The standard InChI is InChI=1S/C17H23N3O4S/c1-17(2,3)24-16(21)18-10-12-8-9-20(11-12)15-13-6-4-5-7-14(13)25(22,23)19-15/h4-7,12H,8-11H2,1-3H3,(H,18,21)/t12-/m1/s1. The summed E-state index contributed by atoms with van der Waals surface area (Å²) in [6.07, 6.45) is 0.425. The minimum absolute atomic E-state index is 0.227. The molecule has 1 atom stereocenters. The first kappa shape index (κ1) is 17.7. The molecule has 1 aromatic rings. The highest BCUT2D eigenvalue weighted by Gasteiger charge is 2.34. The highest BCUT2D eigenvalue weighted by molar-refractivity contribution is 7.90. The number of rotatable bonds is 2. The molecule has 1 N–H and O–H groups in total. The molecule has 0 radical (unpaired) electrons. The average Bonchev–Trinajstić information content (AvgIpc) is 3.07. The lowest BCUT2D eigenvalue weighted by Gasteiger charge is -2.21. The number of alkyl carbamates (subject to hydrolysis) is 1. The van der Waals surface area contributed by atoms with Gasteiger partial charge in [0.15, 0.2) is 5.84 Å². The highest BCUT2D eigenvalue weighted by Crippen LogP contribution is 2.29. The van der Waals surface area contributed by atoms with Gasteiger partial charge in [0, 0.05) is 25.2 Å². The number of benzene rings is 1. The van der Waals surface area contributed by atoms with Crippen LogP contribution < -0.4 is 5.32 Å². The van der Waals surface area contributed by atoms with Crippen LogP contribution in [-0.2, 0) is 14.8 Å². The van der Waals surface area contributed by atoms with Gasteiger partial charge in [-0.05, 0) is 45.2 Å². The third-order valence-electron chi connectivity index (χ3n) is 4.13. The van der Waals surface area contributed by atoms with Gasteiger partial charge in [0.1, 0.15) is 10.5 Å². The van der Waals surface area contributed by atoms with Gasteiger partial charge in [0.2, 0.25) is 0 Å². The van der Waals surface area contributed by atoms with Crippen molar-refractivity contribution in [3.05, 3.63) is 29.8 Å². The van der Waals surface area contributed by atoms with Crippen molar-refractivity contribution in [3.8, 4) is 0 Å². The maximum absolute atomic E-state index is 12.2. The minimum atomic E-state index is -3.60. The van der Waals surface area contributed by atoms with E-state index in [1.165, 1.54) is 0 Å². The molecule has 1 amide bonds. The number of hydrogen-bond donors (Lipinski definition) is 1. The van der Waals surface area contributed by atoms with Crippen molar-refractivity contribution in [2.45, 2.75) is 37.7 Å². The first-order chi connectivity index (χ1) is 11.7. The first-order valence-corrected chi connectivity index (χ1v) is 9.76. The summed E-state index contributed by atoms with van der Waals surface area (Å²) in [5, 5.41) is 2.78. The van der Waals surface area contributed by atoms with Gasteiger partial charge in [-0.3, -0.25) is 0 Å². The van der Waals surface area contributed by atoms with Gasteiger partial charge in [0.25, 0.3) is 10.0 Å². The number of sulfonamides is 1. The molecule has 0 saturated carbocycles. The molecule has 1 aromatic carbocycles. The maximum Gasteiger partial charge on any atom is 0.407 e. The Labute approximate surface area is 148 Å². The van der Waals surface area contributed by atoms with Gasteiger partial charge in [0.05, 0.1) is 0 Å². The van der Waals surface area contributed by atoms with Gasteiger partial charge >= 0.3 is 6.09 Å². The predicted molar refractivity (Wildman–Crippen MR) is 94.1 cm³/mol. The van der Waals surface area contributed by atoms with E-state index in [4.69, 9.17) is 4.74 Å². The van der Waals surface area contributed by atoms with Crippen LogP contribution in [0.15, 0.2) is 33.6 Å². The summed E-state index contributed by atoms with van der Waals surface area (Å²) in [5.41, 5.74) is 0.130. The summed E-state index contributed by atoms with van der Waals surface area (Å²) < 4.78 is 33.5. The number of nitrogens with zero attached hydrogens (tertiary/aromatic N) is 2. The minimum Gasteiger partial charge on any atom is -0.444 e. The lowest BCUT2D eigenvalue weighted by molar-refractivity contribution is 0.0520. The second-order valence-corrected chi connectivity index (χ2v) is 8.94. The summed E-state index contributed by atoms with van der Waals surface area (Å²) in [5.74, 6) is 0.737. The number of carbonyl (C=O) groups is 1. The van der Waals surface area contributed by atoms with E-state index in [9.17, 15) is 13.2 Å². The number of carbonyl (C=O) groups excluding carboxylic acids is 1. The SMILES string of the molecule is CC(C)(C)OC(=O)NC[C@H]1CCN(C2=NS(=O)(=O)c3ccccc32)C1. The van der Waals surface area contributed by atoms with E-state index in [0.717, 1.165) is 6.42 Å². The fraction of sp³-hybridized carbons (Fsp3) is 0.529. The number of hydrogen-bond acceptors (Lipinski definition) is 5. The molecule has 0 spiro atoms. The van der Waals surface area contributed by atoms with E-state index in [-0.39, 0.29) is 10.8 Å². The smallest absolute Gasteiger partial charge is 0.407 e. The number of nitrogens with one attached hydrogen (secondary N) is 1. The molecule has 1 saturated heterocycles. The molecule has 0 bridgehead atoms. The quantitative estimate of drug-likeness (QED) is 0.866. The van der Waals surface area contributed by atoms with Crippen LogP contribution in [0.3, 0.4) is 0 Å². The van der Waals surface area contributed by atoms with Crippen molar-refractivity contribution < 1.29 is 17.9 Å². The Morgan fingerprint density at radius 2 is 2.08 bits per heavy atom. The fourth-order valence-electron chi connectivity index (χ4n) is 3.05. The van der Waals surface area contributed by atoms with Crippen molar-refractivity contribution in [1.29, 1.82) is 0 Å². The zero-order valence-electron chi connectivity index (χ0n) is 14.7. The molecule has 0 unspecified atom stereocenters. The Hall–Kier alpha value is -2.09. The number of amidine groups is 1. The summed E-state index contributed by atoms with van der Waals surface area (Å²) in [4.78, 5) is 14.0. The molecule has 136 valence electrons. The van der Waals surface area contributed by atoms with E-state index in [1.807, 2.05) is 31.7 Å². The Bertz CT molecular complexity index is 811. The molecule has 25 heavy (non-hydrogen) atoms. The third-order valence-corrected chi connectivity index (χ3v) is 5.46. The second kappa shape index (κ2) is 6.33. The van der Waals surface area contributed by atoms with E-state index < -0.39 is 21.7 Å². The van der Waals surface area contributed by atoms with Crippen LogP contribution in [-0.4, -0.2) is 50.5 Å².